The molecule has 0 bridgehead atoms. The van der Waals surface area contributed by atoms with Gasteiger partial charge in [0, 0.05) is 5.39 Å². The average Bonchev–Trinajstić information content (AvgIpc) is 2.92. The van der Waals surface area contributed by atoms with Crippen molar-refractivity contribution in [3.05, 3.63) is 60.7 Å². The summed E-state index contributed by atoms with van der Waals surface area (Å²) < 4.78 is 0. The summed E-state index contributed by atoms with van der Waals surface area (Å²) in [4.78, 5) is 7.93. The highest BCUT2D eigenvalue weighted by atomic mass is 16.3. The zero-order chi connectivity index (χ0) is 13.5. The van der Waals surface area contributed by atoms with Crippen molar-refractivity contribution in [2.24, 2.45) is 0 Å². The van der Waals surface area contributed by atoms with E-state index in [0.29, 0.717) is 11.4 Å². The Morgan fingerprint density at radius 1 is 0.850 bits per heavy atom. The first-order valence-electron chi connectivity index (χ1n) is 6.49. The van der Waals surface area contributed by atoms with Gasteiger partial charge >= 0.3 is 0 Å². The van der Waals surface area contributed by atoms with E-state index >= 15 is 0 Å². The Hall–Kier alpha value is -2.81. The first-order valence-corrected chi connectivity index (χ1v) is 6.49. The highest BCUT2D eigenvalue weighted by molar-refractivity contribution is 6.05. The van der Waals surface area contributed by atoms with Crippen molar-refractivity contribution in [3.8, 4) is 17.1 Å². The van der Waals surface area contributed by atoms with Crippen LogP contribution in [0.1, 0.15) is 0 Å². The molecule has 0 unspecified atom stereocenters. The van der Waals surface area contributed by atoms with Crippen LogP contribution in [0.4, 0.5) is 0 Å². The summed E-state index contributed by atoms with van der Waals surface area (Å²) in [6, 6.07) is 19.5. The van der Waals surface area contributed by atoms with E-state index in [9.17, 15) is 5.11 Å². The number of aromatic amines is 1. The summed E-state index contributed by atoms with van der Waals surface area (Å²) in [5.74, 6) is 0.922. The quantitative estimate of drug-likeness (QED) is 0.541. The molecule has 0 aliphatic rings. The number of hydrogen-bond donors (Lipinski definition) is 2. The number of aromatic hydroxyl groups is 1. The molecule has 0 amide bonds. The molecular formula is C17H12N2O. The molecule has 4 rings (SSSR count). The zero-order valence-corrected chi connectivity index (χ0v) is 10.7. The summed E-state index contributed by atoms with van der Waals surface area (Å²) in [7, 11) is 0. The van der Waals surface area contributed by atoms with Crippen LogP contribution in [-0.4, -0.2) is 15.1 Å². The van der Waals surface area contributed by atoms with E-state index in [4.69, 9.17) is 0 Å². The number of H-pyrrole nitrogens is 1. The number of para-hydroxylation sites is 1. The largest absolute Gasteiger partial charge is 0.507 e. The minimum Gasteiger partial charge on any atom is -0.507 e. The van der Waals surface area contributed by atoms with Crippen molar-refractivity contribution >= 4 is 21.8 Å². The van der Waals surface area contributed by atoms with Crippen molar-refractivity contribution in [2.45, 2.75) is 0 Å². The molecule has 0 atom stereocenters. The number of hydrogen-bond acceptors (Lipinski definition) is 2. The molecule has 0 spiro atoms. The van der Waals surface area contributed by atoms with Gasteiger partial charge in [0.1, 0.15) is 11.6 Å². The Morgan fingerprint density at radius 3 is 2.55 bits per heavy atom. The second-order valence-corrected chi connectivity index (χ2v) is 4.79. The molecule has 2 N–H and O–H groups in total. The van der Waals surface area contributed by atoms with Gasteiger partial charge in [-0.3, -0.25) is 0 Å². The molecule has 1 aromatic heterocycles. The number of imidazole rings is 1. The van der Waals surface area contributed by atoms with E-state index in [1.165, 1.54) is 0 Å². The molecule has 0 fully saturated rings. The molecule has 96 valence electrons. The number of nitrogens with zero attached hydrogens (tertiary/aromatic N) is 1. The third-order valence-electron chi connectivity index (χ3n) is 3.54. The highest BCUT2D eigenvalue weighted by Crippen LogP contribution is 2.30. The Morgan fingerprint density at radius 2 is 1.65 bits per heavy atom. The van der Waals surface area contributed by atoms with Crippen LogP contribution in [0.15, 0.2) is 60.7 Å². The van der Waals surface area contributed by atoms with Crippen LogP contribution >= 0.6 is 0 Å². The molecule has 0 aliphatic heterocycles. The van der Waals surface area contributed by atoms with E-state index in [1.807, 2.05) is 30.3 Å². The first kappa shape index (κ1) is 11.1. The smallest absolute Gasteiger partial charge is 0.142 e. The number of phenols is 1. The lowest BCUT2D eigenvalue weighted by molar-refractivity contribution is 0.477. The minimum atomic E-state index is 0.232. The minimum absolute atomic E-state index is 0.232. The average molecular weight is 260 g/mol. The molecule has 20 heavy (non-hydrogen) atoms. The predicted octanol–water partition coefficient (Wildman–Crippen LogP) is 4.09. The lowest BCUT2D eigenvalue weighted by Gasteiger charge is -1.98. The molecule has 3 nitrogen and oxygen atoms in total. The number of aromatic nitrogens is 2. The van der Waals surface area contributed by atoms with Gasteiger partial charge in [-0.1, -0.05) is 42.5 Å². The third-order valence-corrected chi connectivity index (χ3v) is 3.54. The molecule has 3 heteroatoms. The van der Waals surface area contributed by atoms with Gasteiger partial charge in [-0.2, -0.15) is 0 Å². The molecule has 0 aliphatic carbocycles. The Bertz CT molecular complexity index is 924. The standard InChI is InChI=1S/C17H12N2O/c20-15-8-4-3-7-13(15)17-18-14-10-9-11-5-1-2-6-12(11)16(14)19-17/h1-10,20H,(H,18,19). The summed E-state index contributed by atoms with van der Waals surface area (Å²) >= 11 is 0. The maximum absolute atomic E-state index is 9.94. The van der Waals surface area contributed by atoms with Crippen molar-refractivity contribution in [1.29, 1.82) is 0 Å². The van der Waals surface area contributed by atoms with E-state index in [1.54, 1.807) is 12.1 Å². The molecular weight excluding hydrogens is 248 g/mol. The van der Waals surface area contributed by atoms with E-state index < -0.39 is 0 Å². The summed E-state index contributed by atoms with van der Waals surface area (Å²) in [5, 5.41) is 12.2. The molecule has 0 radical (unpaired) electrons. The van der Waals surface area contributed by atoms with Gasteiger partial charge in [-0.05, 0) is 23.6 Å². The van der Waals surface area contributed by atoms with Crippen LogP contribution in [0.3, 0.4) is 0 Å². The van der Waals surface area contributed by atoms with Crippen molar-refractivity contribution in [1.82, 2.24) is 9.97 Å². The summed E-state index contributed by atoms with van der Waals surface area (Å²) in [6.45, 7) is 0. The Balaban J connectivity index is 2.04. The van der Waals surface area contributed by atoms with Crippen molar-refractivity contribution in [2.75, 3.05) is 0 Å². The second-order valence-electron chi connectivity index (χ2n) is 4.79. The molecule has 3 aromatic carbocycles. The number of phenolic OH excluding ortho intramolecular Hbond substituents is 1. The van der Waals surface area contributed by atoms with E-state index in [0.717, 1.165) is 21.8 Å². The van der Waals surface area contributed by atoms with Crippen LogP contribution in [0.2, 0.25) is 0 Å². The first-order chi connectivity index (χ1) is 9.83. The van der Waals surface area contributed by atoms with Gasteiger partial charge < -0.3 is 10.1 Å². The number of nitrogens with one attached hydrogen (secondary N) is 1. The van der Waals surface area contributed by atoms with Crippen LogP contribution in [0.25, 0.3) is 33.2 Å². The van der Waals surface area contributed by atoms with Crippen molar-refractivity contribution < 1.29 is 5.11 Å². The predicted molar refractivity (Wildman–Crippen MR) is 80.7 cm³/mol. The van der Waals surface area contributed by atoms with E-state index in [2.05, 4.69) is 28.2 Å². The monoisotopic (exact) mass is 260 g/mol. The Kier molecular flexibility index (Phi) is 2.27. The molecule has 0 saturated carbocycles. The molecule has 4 aromatic rings. The maximum Gasteiger partial charge on any atom is 0.142 e. The number of benzene rings is 3. The van der Waals surface area contributed by atoms with Gasteiger partial charge in [0.2, 0.25) is 0 Å². The van der Waals surface area contributed by atoms with Gasteiger partial charge in [0.05, 0.1) is 16.6 Å². The topological polar surface area (TPSA) is 48.9 Å². The van der Waals surface area contributed by atoms with E-state index in [-0.39, 0.29) is 5.75 Å². The van der Waals surface area contributed by atoms with Crippen LogP contribution in [0.5, 0.6) is 5.75 Å². The number of fused-ring (bicyclic) bond motifs is 3. The normalized spacial score (nSPS) is 11.2. The fraction of sp³-hybridized carbons (Fsp3) is 0. The number of rotatable bonds is 1. The molecule has 0 saturated heterocycles. The van der Waals surface area contributed by atoms with Gasteiger partial charge in [0.25, 0.3) is 0 Å². The summed E-state index contributed by atoms with van der Waals surface area (Å²) in [5.41, 5.74) is 2.62. The fourth-order valence-electron chi connectivity index (χ4n) is 2.55. The van der Waals surface area contributed by atoms with Crippen LogP contribution < -0.4 is 0 Å². The zero-order valence-electron chi connectivity index (χ0n) is 10.7. The van der Waals surface area contributed by atoms with Gasteiger partial charge in [0.15, 0.2) is 0 Å². The van der Waals surface area contributed by atoms with Crippen LogP contribution in [-0.2, 0) is 0 Å². The Labute approximate surface area is 115 Å². The lowest BCUT2D eigenvalue weighted by atomic mass is 10.1. The maximum atomic E-state index is 9.94. The highest BCUT2D eigenvalue weighted by Gasteiger charge is 2.10. The second kappa shape index (κ2) is 4.10. The fourth-order valence-corrected chi connectivity index (χ4v) is 2.55. The summed E-state index contributed by atoms with van der Waals surface area (Å²) in [6.07, 6.45) is 0. The lowest BCUT2D eigenvalue weighted by Crippen LogP contribution is -1.80. The van der Waals surface area contributed by atoms with Crippen LogP contribution in [0, 0.1) is 0 Å². The SMILES string of the molecule is Oc1ccccc1-c1nc2c(ccc3ccccc32)[nH]1. The van der Waals surface area contributed by atoms with Gasteiger partial charge in [-0.25, -0.2) is 4.98 Å². The van der Waals surface area contributed by atoms with Crippen molar-refractivity contribution in [3.63, 3.8) is 0 Å². The van der Waals surface area contributed by atoms with Gasteiger partial charge in [-0.15, -0.1) is 0 Å². The molecule has 1 heterocycles. The third kappa shape index (κ3) is 1.57.